The molecule has 0 amide bonds. The highest BCUT2D eigenvalue weighted by Gasteiger charge is 2.33. The van der Waals surface area contributed by atoms with Crippen molar-refractivity contribution in [3.05, 3.63) is 0 Å². The number of likely N-dealkylation sites (tertiary alicyclic amines) is 1. The number of hydrogen-bond donors (Lipinski definition) is 2. The molecular formula is C15H31NOS. The van der Waals surface area contributed by atoms with Crippen LogP contribution < -0.4 is 0 Å². The molecule has 0 aromatic heterocycles. The van der Waals surface area contributed by atoms with Crippen LogP contribution in [0.15, 0.2) is 0 Å². The number of thiol groups is 1. The summed E-state index contributed by atoms with van der Waals surface area (Å²) in [6.07, 6.45) is 6.04. The van der Waals surface area contributed by atoms with E-state index in [4.69, 9.17) is 0 Å². The molecule has 1 aliphatic heterocycles. The lowest BCUT2D eigenvalue weighted by atomic mass is 9.80. The zero-order chi connectivity index (χ0) is 13.6. The molecule has 18 heavy (non-hydrogen) atoms. The monoisotopic (exact) mass is 273 g/mol. The van der Waals surface area contributed by atoms with Gasteiger partial charge in [-0.2, -0.15) is 12.6 Å². The molecule has 0 spiro atoms. The van der Waals surface area contributed by atoms with Crippen LogP contribution in [0.5, 0.6) is 0 Å². The van der Waals surface area contributed by atoms with Crippen molar-refractivity contribution >= 4 is 12.6 Å². The lowest BCUT2D eigenvalue weighted by Gasteiger charge is -2.36. The fraction of sp³-hybridized carbons (Fsp3) is 1.00. The van der Waals surface area contributed by atoms with Crippen LogP contribution in [0.1, 0.15) is 52.9 Å². The van der Waals surface area contributed by atoms with Gasteiger partial charge >= 0.3 is 0 Å². The number of rotatable bonds is 8. The Morgan fingerprint density at radius 1 is 1.33 bits per heavy atom. The molecule has 0 aromatic carbocycles. The molecule has 1 N–H and O–H groups in total. The van der Waals surface area contributed by atoms with Crippen LogP contribution in [0.3, 0.4) is 0 Å². The van der Waals surface area contributed by atoms with Gasteiger partial charge in [-0.15, -0.1) is 0 Å². The van der Waals surface area contributed by atoms with Gasteiger partial charge in [-0.3, -0.25) is 0 Å². The Balaban J connectivity index is 2.55. The second-order valence-electron chi connectivity index (χ2n) is 6.18. The van der Waals surface area contributed by atoms with Crippen LogP contribution in [0, 0.1) is 11.3 Å². The SMILES string of the molecule is CCCC(CS)(CCC)CN1CCC(C(C)O)C1. The average Bonchev–Trinajstić information content (AvgIpc) is 2.78. The van der Waals surface area contributed by atoms with Crippen LogP contribution in [-0.2, 0) is 0 Å². The summed E-state index contributed by atoms with van der Waals surface area (Å²) in [7, 11) is 0. The number of hydrogen-bond acceptors (Lipinski definition) is 3. The summed E-state index contributed by atoms with van der Waals surface area (Å²) in [5.41, 5.74) is 0.389. The topological polar surface area (TPSA) is 23.5 Å². The third-order valence-electron chi connectivity index (χ3n) is 4.45. The number of nitrogens with zero attached hydrogens (tertiary/aromatic N) is 1. The highest BCUT2D eigenvalue weighted by Crippen LogP contribution is 2.34. The summed E-state index contributed by atoms with van der Waals surface area (Å²) in [5, 5.41) is 9.69. The van der Waals surface area contributed by atoms with E-state index in [0.29, 0.717) is 11.3 Å². The van der Waals surface area contributed by atoms with Crippen LogP contribution >= 0.6 is 12.6 Å². The largest absolute Gasteiger partial charge is 0.393 e. The molecule has 0 aromatic rings. The van der Waals surface area contributed by atoms with Crippen molar-refractivity contribution in [2.45, 2.75) is 59.0 Å². The molecule has 1 fully saturated rings. The van der Waals surface area contributed by atoms with E-state index in [-0.39, 0.29) is 6.10 Å². The van der Waals surface area contributed by atoms with Crippen molar-refractivity contribution in [1.82, 2.24) is 4.90 Å². The zero-order valence-corrected chi connectivity index (χ0v) is 13.3. The van der Waals surface area contributed by atoms with Crippen molar-refractivity contribution in [1.29, 1.82) is 0 Å². The van der Waals surface area contributed by atoms with Crippen molar-refractivity contribution in [3.8, 4) is 0 Å². The van der Waals surface area contributed by atoms with E-state index in [0.717, 1.165) is 25.3 Å². The van der Waals surface area contributed by atoms with Crippen molar-refractivity contribution in [3.63, 3.8) is 0 Å². The minimum Gasteiger partial charge on any atom is -0.393 e. The first-order valence-corrected chi connectivity index (χ1v) is 8.21. The van der Waals surface area contributed by atoms with Gasteiger partial charge in [0.25, 0.3) is 0 Å². The van der Waals surface area contributed by atoms with Gasteiger partial charge in [0.15, 0.2) is 0 Å². The first kappa shape index (κ1) is 16.3. The van der Waals surface area contributed by atoms with Gasteiger partial charge in [0.1, 0.15) is 0 Å². The standard InChI is InChI=1S/C15H31NOS/c1-4-7-15(12-18,8-5-2)11-16-9-6-14(10-16)13(3)17/h13-14,17-18H,4-12H2,1-3H3. The average molecular weight is 273 g/mol. The van der Waals surface area contributed by atoms with Crippen molar-refractivity contribution in [2.24, 2.45) is 11.3 Å². The Kier molecular flexibility index (Phi) is 7.04. The maximum absolute atomic E-state index is 9.69. The fourth-order valence-corrected chi connectivity index (χ4v) is 3.84. The van der Waals surface area contributed by atoms with E-state index in [1.54, 1.807) is 0 Å². The number of aliphatic hydroxyl groups is 1. The molecule has 2 nitrogen and oxygen atoms in total. The Morgan fingerprint density at radius 3 is 2.33 bits per heavy atom. The molecule has 3 heteroatoms. The number of aliphatic hydroxyl groups excluding tert-OH is 1. The van der Waals surface area contributed by atoms with Crippen LogP contribution in [0.25, 0.3) is 0 Å². The molecule has 2 unspecified atom stereocenters. The quantitative estimate of drug-likeness (QED) is 0.663. The summed E-state index contributed by atoms with van der Waals surface area (Å²) in [6.45, 7) is 9.87. The molecule has 1 rings (SSSR count). The summed E-state index contributed by atoms with van der Waals surface area (Å²) in [5.74, 6) is 1.47. The minimum absolute atomic E-state index is 0.155. The highest BCUT2D eigenvalue weighted by molar-refractivity contribution is 7.80. The third-order valence-corrected chi connectivity index (χ3v) is 5.12. The second-order valence-corrected chi connectivity index (χ2v) is 6.50. The minimum atomic E-state index is -0.155. The smallest absolute Gasteiger partial charge is 0.0552 e. The van der Waals surface area contributed by atoms with Gasteiger partial charge in [0, 0.05) is 13.1 Å². The summed E-state index contributed by atoms with van der Waals surface area (Å²) >= 11 is 4.63. The maximum atomic E-state index is 9.69. The van der Waals surface area contributed by atoms with Gasteiger partial charge in [-0.05, 0) is 49.8 Å². The molecule has 2 atom stereocenters. The fourth-order valence-electron chi connectivity index (χ4n) is 3.43. The van der Waals surface area contributed by atoms with Gasteiger partial charge in [-0.25, -0.2) is 0 Å². The van der Waals surface area contributed by atoms with Crippen LogP contribution in [-0.4, -0.2) is 41.5 Å². The second kappa shape index (κ2) is 7.76. The van der Waals surface area contributed by atoms with E-state index in [1.165, 1.54) is 32.2 Å². The van der Waals surface area contributed by atoms with E-state index >= 15 is 0 Å². The van der Waals surface area contributed by atoms with Crippen LogP contribution in [0.2, 0.25) is 0 Å². The summed E-state index contributed by atoms with van der Waals surface area (Å²) in [6, 6.07) is 0. The Bertz CT molecular complexity index is 227. The van der Waals surface area contributed by atoms with Gasteiger partial charge in [0.05, 0.1) is 6.10 Å². The van der Waals surface area contributed by atoms with E-state index < -0.39 is 0 Å². The van der Waals surface area contributed by atoms with Crippen LogP contribution in [0.4, 0.5) is 0 Å². The van der Waals surface area contributed by atoms with E-state index in [1.807, 2.05) is 6.92 Å². The molecule has 0 aliphatic carbocycles. The zero-order valence-electron chi connectivity index (χ0n) is 12.4. The predicted octanol–water partition coefficient (Wildman–Crippen LogP) is 3.21. The maximum Gasteiger partial charge on any atom is 0.0552 e. The third kappa shape index (κ3) is 4.43. The van der Waals surface area contributed by atoms with E-state index in [9.17, 15) is 5.11 Å². The first-order valence-electron chi connectivity index (χ1n) is 7.58. The molecule has 0 radical (unpaired) electrons. The lowest BCUT2D eigenvalue weighted by Crippen LogP contribution is -2.38. The normalized spacial score (nSPS) is 23.5. The Hall–Kier alpha value is 0.270. The van der Waals surface area contributed by atoms with Crippen molar-refractivity contribution < 1.29 is 5.11 Å². The lowest BCUT2D eigenvalue weighted by molar-refractivity contribution is 0.116. The summed E-state index contributed by atoms with van der Waals surface area (Å²) < 4.78 is 0. The molecular weight excluding hydrogens is 242 g/mol. The van der Waals surface area contributed by atoms with E-state index in [2.05, 4.69) is 31.4 Å². The Morgan fingerprint density at radius 2 is 1.94 bits per heavy atom. The molecule has 1 saturated heterocycles. The molecule has 0 saturated carbocycles. The first-order chi connectivity index (χ1) is 8.56. The predicted molar refractivity (Wildman–Crippen MR) is 82.3 cm³/mol. The molecule has 0 bridgehead atoms. The van der Waals surface area contributed by atoms with Gasteiger partial charge < -0.3 is 10.0 Å². The molecule has 1 aliphatic rings. The molecule has 1 heterocycles. The van der Waals surface area contributed by atoms with Crippen molar-refractivity contribution in [2.75, 3.05) is 25.4 Å². The Labute approximate surface area is 119 Å². The molecule has 108 valence electrons. The van der Waals surface area contributed by atoms with Gasteiger partial charge in [0.2, 0.25) is 0 Å². The summed E-state index contributed by atoms with van der Waals surface area (Å²) in [4.78, 5) is 2.55. The highest BCUT2D eigenvalue weighted by atomic mass is 32.1. The van der Waals surface area contributed by atoms with Gasteiger partial charge in [-0.1, -0.05) is 26.7 Å².